The van der Waals surface area contributed by atoms with Crippen LogP contribution in [-0.4, -0.2) is 29.5 Å². The number of nitro groups is 1. The Labute approximate surface area is 152 Å². The summed E-state index contributed by atoms with van der Waals surface area (Å²) in [5.74, 6) is 0. The Morgan fingerprint density at radius 2 is 1.65 bits per heavy atom. The van der Waals surface area contributed by atoms with Gasteiger partial charge in [0.15, 0.2) is 0 Å². The normalized spacial score (nSPS) is 23.0. The molecule has 0 amide bonds. The number of nitro benzene ring substituents is 1. The van der Waals surface area contributed by atoms with Crippen molar-refractivity contribution in [3.05, 3.63) is 70.3 Å². The Morgan fingerprint density at radius 1 is 1.08 bits per heavy atom. The van der Waals surface area contributed by atoms with Gasteiger partial charge in [0.1, 0.15) is 5.72 Å². The van der Waals surface area contributed by atoms with E-state index in [1.807, 2.05) is 37.3 Å². The van der Waals surface area contributed by atoms with Crippen molar-refractivity contribution >= 4 is 15.7 Å². The maximum absolute atomic E-state index is 13.3. The second-order valence-electron chi connectivity index (χ2n) is 6.68. The molecule has 0 radical (unpaired) electrons. The van der Waals surface area contributed by atoms with Crippen LogP contribution >= 0.6 is 0 Å². The van der Waals surface area contributed by atoms with Gasteiger partial charge in [-0.05, 0) is 38.5 Å². The van der Waals surface area contributed by atoms with Gasteiger partial charge in [0.05, 0.1) is 22.0 Å². The molecule has 138 valence electrons. The van der Waals surface area contributed by atoms with Gasteiger partial charge in [-0.2, -0.15) is 4.31 Å². The standard InChI is InChI=1S/C18H20N2O5S/c1-13-17(14-7-5-4-6-8-14)19(18(2,3)25-13)26(23,24)16-11-9-15(10-12-16)20(21)22/h4-13,17H,1-3H3/t13-,17+/m1/s1. The van der Waals surface area contributed by atoms with E-state index in [9.17, 15) is 18.5 Å². The summed E-state index contributed by atoms with van der Waals surface area (Å²) in [6.45, 7) is 5.25. The first-order valence-electron chi connectivity index (χ1n) is 8.16. The molecule has 1 heterocycles. The van der Waals surface area contributed by atoms with Crippen LogP contribution in [-0.2, 0) is 14.8 Å². The van der Waals surface area contributed by atoms with Gasteiger partial charge in [0.2, 0.25) is 10.0 Å². The number of rotatable bonds is 4. The van der Waals surface area contributed by atoms with Gasteiger partial charge in [-0.3, -0.25) is 10.1 Å². The number of hydrogen-bond donors (Lipinski definition) is 0. The number of nitrogens with zero attached hydrogens (tertiary/aromatic N) is 2. The van der Waals surface area contributed by atoms with E-state index in [0.29, 0.717) is 0 Å². The number of sulfonamides is 1. The lowest BCUT2D eigenvalue weighted by atomic mass is 10.0. The Hall–Kier alpha value is -2.29. The van der Waals surface area contributed by atoms with Crippen LogP contribution in [0.3, 0.4) is 0 Å². The molecule has 0 aliphatic carbocycles. The van der Waals surface area contributed by atoms with Crippen LogP contribution in [0.15, 0.2) is 59.5 Å². The third kappa shape index (κ3) is 3.11. The van der Waals surface area contributed by atoms with Gasteiger partial charge in [-0.15, -0.1) is 0 Å². The summed E-state index contributed by atoms with van der Waals surface area (Å²) in [6, 6.07) is 13.7. The molecule has 1 aliphatic heterocycles. The zero-order chi connectivity index (χ0) is 19.1. The number of non-ortho nitro benzene ring substituents is 1. The van der Waals surface area contributed by atoms with E-state index in [1.165, 1.54) is 28.6 Å². The maximum atomic E-state index is 13.3. The fraction of sp³-hybridized carbons (Fsp3) is 0.333. The molecule has 3 rings (SSSR count). The average molecular weight is 376 g/mol. The zero-order valence-corrected chi connectivity index (χ0v) is 15.5. The lowest BCUT2D eigenvalue weighted by Gasteiger charge is -2.32. The number of hydrogen-bond acceptors (Lipinski definition) is 5. The molecule has 0 aromatic heterocycles. The van der Waals surface area contributed by atoms with Crippen LogP contribution < -0.4 is 0 Å². The summed E-state index contributed by atoms with van der Waals surface area (Å²) < 4.78 is 34.0. The molecule has 1 fully saturated rings. The van der Waals surface area contributed by atoms with E-state index in [-0.39, 0.29) is 16.7 Å². The molecule has 26 heavy (non-hydrogen) atoms. The predicted octanol–water partition coefficient (Wildman–Crippen LogP) is 3.48. The topological polar surface area (TPSA) is 89.8 Å². The summed E-state index contributed by atoms with van der Waals surface area (Å²) in [5, 5.41) is 10.8. The molecule has 8 heteroatoms. The molecule has 0 saturated carbocycles. The highest BCUT2D eigenvalue weighted by Gasteiger charge is 2.52. The minimum absolute atomic E-state index is 0.00481. The second kappa shape index (κ2) is 6.46. The molecule has 1 aliphatic rings. The smallest absolute Gasteiger partial charge is 0.269 e. The van der Waals surface area contributed by atoms with Gasteiger partial charge in [0, 0.05) is 12.1 Å². The van der Waals surface area contributed by atoms with E-state index in [2.05, 4.69) is 0 Å². The van der Waals surface area contributed by atoms with Crippen LogP contribution in [0.5, 0.6) is 0 Å². The highest BCUT2D eigenvalue weighted by molar-refractivity contribution is 7.89. The first-order valence-corrected chi connectivity index (χ1v) is 9.60. The van der Waals surface area contributed by atoms with Crippen LogP contribution in [0.25, 0.3) is 0 Å². The van der Waals surface area contributed by atoms with Crippen molar-refractivity contribution in [1.82, 2.24) is 4.31 Å². The summed E-state index contributed by atoms with van der Waals surface area (Å²) in [4.78, 5) is 10.3. The average Bonchev–Trinajstić information content (AvgIpc) is 2.84. The lowest BCUT2D eigenvalue weighted by Crippen LogP contribution is -2.44. The Bertz CT molecular complexity index is 910. The molecule has 0 spiro atoms. The second-order valence-corrected chi connectivity index (χ2v) is 8.49. The van der Waals surface area contributed by atoms with Gasteiger partial charge in [0.25, 0.3) is 5.69 Å². The minimum atomic E-state index is -3.93. The summed E-state index contributed by atoms with van der Waals surface area (Å²) in [5.41, 5.74) is -0.384. The first-order chi connectivity index (χ1) is 12.1. The van der Waals surface area contributed by atoms with Crippen LogP contribution in [0, 0.1) is 10.1 Å². The molecule has 7 nitrogen and oxygen atoms in total. The van der Waals surface area contributed by atoms with Crippen LogP contribution in [0.1, 0.15) is 32.4 Å². The Balaban J connectivity index is 2.09. The summed E-state index contributed by atoms with van der Waals surface area (Å²) >= 11 is 0. The molecule has 0 unspecified atom stereocenters. The van der Waals surface area contributed by atoms with Gasteiger partial charge in [-0.1, -0.05) is 30.3 Å². The first kappa shape index (κ1) is 18.5. The van der Waals surface area contributed by atoms with Crippen LogP contribution in [0.4, 0.5) is 5.69 Å². The van der Waals surface area contributed by atoms with Crippen molar-refractivity contribution in [2.75, 3.05) is 0 Å². The van der Waals surface area contributed by atoms with Crippen molar-refractivity contribution in [3.8, 4) is 0 Å². The van der Waals surface area contributed by atoms with Gasteiger partial charge < -0.3 is 4.74 Å². The Kier molecular flexibility index (Phi) is 4.60. The molecule has 0 N–H and O–H groups in total. The largest absolute Gasteiger partial charge is 0.355 e. The fourth-order valence-electron chi connectivity index (χ4n) is 3.45. The number of benzene rings is 2. The lowest BCUT2D eigenvalue weighted by molar-refractivity contribution is -0.384. The van der Waals surface area contributed by atoms with Crippen molar-refractivity contribution in [1.29, 1.82) is 0 Å². The predicted molar refractivity (Wildman–Crippen MR) is 95.9 cm³/mol. The summed E-state index contributed by atoms with van der Waals surface area (Å²) in [6.07, 6.45) is -0.347. The van der Waals surface area contributed by atoms with Crippen molar-refractivity contribution in [3.63, 3.8) is 0 Å². The van der Waals surface area contributed by atoms with E-state index < -0.39 is 26.7 Å². The van der Waals surface area contributed by atoms with E-state index in [0.717, 1.165) is 5.56 Å². The monoisotopic (exact) mass is 376 g/mol. The highest BCUT2D eigenvalue weighted by atomic mass is 32.2. The molecule has 2 atom stereocenters. The number of ether oxygens (including phenoxy) is 1. The third-order valence-corrected chi connectivity index (χ3v) is 6.50. The fourth-order valence-corrected chi connectivity index (χ4v) is 5.37. The SMILES string of the molecule is C[C@H]1OC(C)(C)N(S(=O)(=O)c2ccc([N+](=O)[O-])cc2)[C@@H]1c1ccccc1. The van der Waals surface area contributed by atoms with E-state index in [4.69, 9.17) is 4.74 Å². The molecule has 0 bridgehead atoms. The molecular formula is C18H20N2O5S. The van der Waals surface area contributed by atoms with Crippen molar-refractivity contribution in [2.45, 2.75) is 43.5 Å². The van der Waals surface area contributed by atoms with Crippen LogP contribution in [0.2, 0.25) is 0 Å². The molecule has 2 aromatic carbocycles. The third-order valence-electron chi connectivity index (χ3n) is 4.45. The van der Waals surface area contributed by atoms with E-state index in [1.54, 1.807) is 13.8 Å². The maximum Gasteiger partial charge on any atom is 0.269 e. The zero-order valence-electron chi connectivity index (χ0n) is 14.7. The quantitative estimate of drug-likeness (QED) is 0.602. The molecular weight excluding hydrogens is 356 g/mol. The van der Waals surface area contributed by atoms with Gasteiger partial charge >= 0.3 is 0 Å². The Morgan fingerprint density at radius 3 is 2.19 bits per heavy atom. The molecule has 1 saturated heterocycles. The molecule has 2 aromatic rings. The highest BCUT2D eigenvalue weighted by Crippen LogP contribution is 2.45. The van der Waals surface area contributed by atoms with Crippen molar-refractivity contribution in [2.24, 2.45) is 0 Å². The summed E-state index contributed by atoms with van der Waals surface area (Å²) in [7, 11) is -3.93. The minimum Gasteiger partial charge on any atom is -0.355 e. The van der Waals surface area contributed by atoms with Gasteiger partial charge in [-0.25, -0.2) is 8.42 Å². The van der Waals surface area contributed by atoms with Crippen molar-refractivity contribution < 1.29 is 18.1 Å². The van der Waals surface area contributed by atoms with E-state index >= 15 is 0 Å².